The van der Waals surface area contributed by atoms with E-state index in [1.165, 1.54) is 12.1 Å². The molecule has 6 heteroatoms. The Bertz CT molecular complexity index is 417. The van der Waals surface area contributed by atoms with Gasteiger partial charge in [0.05, 0.1) is 21.2 Å². The van der Waals surface area contributed by atoms with Gasteiger partial charge >= 0.3 is 5.97 Å². The zero-order chi connectivity index (χ0) is 10.9. The summed E-state index contributed by atoms with van der Waals surface area (Å²) in [4.78, 5) is 21.5. The number of aromatic carboxylic acids is 1. The normalized spacial score (nSPS) is 9.86. The van der Waals surface area contributed by atoms with Crippen molar-refractivity contribution in [1.82, 2.24) is 0 Å². The van der Waals surface area contributed by atoms with Crippen LogP contribution in [0.1, 0.15) is 20.7 Å². The van der Waals surface area contributed by atoms with Gasteiger partial charge in [0.1, 0.15) is 0 Å². The number of carboxylic acids is 1. The lowest BCUT2D eigenvalue weighted by molar-refractivity contribution is 0.0697. The Morgan fingerprint density at radius 3 is 2.29 bits per heavy atom. The van der Waals surface area contributed by atoms with E-state index in [2.05, 4.69) is 0 Å². The van der Waals surface area contributed by atoms with Gasteiger partial charge in [-0.05, 0) is 12.1 Å². The summed E-state index contributed by atoms with van der Waals surface area (Å²) in [6.07, 6.45) is 0. The smallest absolute Gasteiger partial charge is 0.338 e. The SMILES string of the molecule is NC(=O)c1ccc(Cl)c(C(=O)O)c1Cl. The van der Waals surface area contributed by atoms with Gasteiger partial charge in [-0.2, -0.15) is 0 Å². The molecule has 0 aliphatic carbocycles. The lowest BCUT2D eigenvalue weighted by Crippen LogP contribution is -2.13. The van der Waals surface area contributed by atoms with Crippen LogP contribution in [0.15, 0.2) is 12.1 Å². The standard InChI is InChI=1S/C8H5Cl2NO3/c9-4-2-1-3(7(11)12)6(10)5(4)8(13)14/h1-2H,(H2,11,12)(H,13,14). The van der Waals surface area contributed by atoms with Crippen molar-refractivity contribution in [3.63, 3.8) is 0 Å². The molecule has 3 N–H and O–H groups in total. The fourth-order valence-corrected chi connectivity index (χ4v) is 1.56. The van der Waals surface area contributed by atoms with E-state index in [9.17, 15) is 9.59 Å². The first-order chi connectivity index (χ1) is 6.45. The quantitative estimate of drug-likeness (QED) is 0.818. The predicted molar refractivity (Wildman–Crippen MR) is 51.9 cm³/mol. The van der Waals surface area contributed by atoms with Crippen LogP contribution in [0.25, 0.3) is 0 Å². The highest BCUT2D eigenvalue weighted by molar-refractivity contribution is 6.41. The average Bonchev–Trinajstić information content (AvgIpc) is 2.02. The number of primary amides is 1. The molecule has 0 heterocycles. The van der Waals surface area contributed by atoms with Crippen molar-refractivity contribution >= 4 is 35.1 Å². The predicted octanol–water partition coefficient (Wildman–Crippen LogP) is 1.79. The number of hydrogen-bond acceptors (Lipinski definition) is 2. The van der Waals surface area contributed by atoms with Gasteiger partial charge in [-0.1, -0.05) is 23.2 Å². The molecule has 1 rings (SSSR count). The van der Waals surface area contributed by atoms with E-state index in [0.717, 1.165) is 0 Å². The third kappa shape index (κ3) is 1.81. The number of rotatable bonds is 2. The summed E-state index contributed by atoms with van der Waals surface area (Å²) in [5.41, 5.74) is 4.60. The number of hydrogen-bond donors (Lipinski definition) is 2. The topological polar surface area (TPSA) is 80.4 Å². The first-order valence-electron chi connectivity index (χ1n) is 3.46. The number of benzene rings is 1. The summed E-state index contributed by atoms with van der Waals surface area (Å²) in [5.74, 6) is -2.10. The summed E-state index contributed by atoms with van der Waals surface area (Å²) < 4.78 is 0. The van der Waals surface area contributed by atoms with Crippen LogP contribution in [0, 0.1) is 0 Å². The highest BCUT2D eigenvalue weighted by Crippen LogP contribution is 2.27. The largest absolute Gasteiger partial charge is 0.478 e. The molecule has 0 unspecified atom stereocenters. The third-order valence-electron chi connectivity index (χ3n) is 1.57. The number of carboxylic acid groups (broad SMARTS) is 1. The van der Waals surface area contributed by atoms with Crippen LogP contribution >= 0.6 is 23.2 Å². The van der Waals surface area contributed by atoms with E-state index in [1.54, 1.807) is 0 Å². The molecular weight excluding hydrogens is 229 g/mol. The van der Waals surface area contributed by atoms with E-state index in [0.29, 0.717) is 0 Å². The van der Waals surface area contributed by atoms with Gasteiger partial charge in [-0.15, -0.1) is 0 Å². The Labute approximate surface area is 89.2 Å². The van der Waals surface area contributed by atoms with Gasteiger partial charge < -0.3 is 10.8 Å². The summed E-state index contributed by atoms with van der Waals surface area (Å²) in [7, 11) is 0. The number of nitrogens with two attached hydrogens (primary N) is 1. The van der Waals surface area contributed by atoms with Crippen molar-refractivity contribution in [2.75, 3.05) is 0 Å². The highest BCUT2D eigenvalue weighted by atomic mass is 35.5. The fourth-order valence-electron chi connectivity index (χ4n) is 0.939. The zero-order valence-corrected chi connectivity index (χ0v) is 8.26. The molecule has 0 fully saturated rings. The van der Waals surface area contributed by atoms with E-state index >= 15 is 0 Å². The zero-order valence-electron chi connectivity index (χ0n) is 6.75. The summed E-state index contributed by atoms with van der Waals surface area (Å²) in [5, 5.41) is 8.46. The summed E-state index contributed by atoms with van der Waals surface area (Å²) >= 11 is 11.2. The van der Waals surface area contributed by atoms with E-state index < -0.39 is 11.9 Å². The van der Waals surface area contributed by atoms with Crippen LogP contribution in [-0.2, 0) is 0 Å². The molecule has 0 bridgehead atoms. The van der Waals surface area contributed by atoms with Crippen molar-refractivity contribution in [2.24, 2.45) is 5.73 Å². The second-order valence-electron chi connectivity index (χ2n) is 2.45. The molecule has 14 heavy (non-hydrogen) atoms. The Morgan fingerprint density at radius 2 is 1.86 bits per heavy atom. The van der Waals surface area contributed by atoms with Crippen LogP contribution in [0.3, 0.4) is 0 Å². The van der Waals surface area contributed by atoms with Crippen LogP contribution in [0.2, 0.25) is 10.0 Å². The van der Waals surface area contributed by atoms with Gasteiger partial charge in [-0.25, -0.2) is 4.79 Å². The van der Waals surface area contributed by atoms with Crippen LogP contribution in [-0.4, -0.2) is 17.0 Å². The minimum atomic E-state index is -1.30. The monoisotopic (exact) mass is 233 g/mol. The van der Waals surface area contributed by atoms with Gasteiger partial charge in [0.2, 0.25) is 5.91 Å². The molecule has 1 aromatic rings. The molecule has 0 aliphatic rings. The van der Waals surface area contributed by atoms with Crippen molar-refractivity contribution < 1.29 is 14.7 Å². The second-order valence-corrected chi connectivity index (χ2v) is 3.24. The van der Waals surface area contributed by atoms with Gasteiger partial charge in [-0.3, -0.25) is 4.79 Å². The van der Waals surface area contributed by atoms with E-state index in [4.69, 9.17) is 34.0 Å². The maximum absolute atomic E-state index is 10.8. The van der Waals surface area contributed by atoms with E-state index in [1.807, 2.05) is 0 Å². The van der Waals surface area contributed by atoms with Crippen molar-refractivity contribution in [2.45, 2.75) is 0 Å². The fraction of sp³-hybridized carbons (Fsp3) is 0. The van der Waals surface area contributed by atoms with E-state index in [-0.39, 0.29) is 21.2 Å². The molecule has 0 atom stereocenters. The number of amides is 1. The average molecular weight is 234 g/mol. The van der Waals surface area contributed by atoms with Crippen LogP contribution < -0.4 is 5.73 Å². The molecule has 1 amide bonds. The van der Waals surface area contributed by atoms with Crippen molar-refractivity contribution in [3.05, 3.63) is 33.3 Å². The Morgan fingerprint density at radius 1 is 1.29 bits per heavy atom. The lowest BCUT2D eigenvalue weighted by Gasteiger charge is -2.04. The molecule has 0 aromatic heterocycles. The summed E-state index contributed by atoms with van der Waals surface area (Å²) in [6, 6.07) is 2.54. The Hall–Kier alpha value is -1.26. The van der Waals surface area contributed by atoms with Crippen molar-refractivity contribution in [1.29, 1.82) is 0 Å². The maximum Gasteiger partial charge on any atom is 0.338 e. The first-order valence-corrected chi connectivity index (χ1v) is 4.22. The molecule has 0 spiro atoms. The Balaban J connectivity index is 3.49. The molecule has 0 saturated carbocycles. The molecule has 74 valence electrons. The number of carbonyl (C=O) groups excluding carboxylic acids is 1. The molecule has 0 radical (unpaired) electrons. The molecular formula is C8H5Cl2NO3. The van der Waals surface area contributed by atoms with Gasteiger partial charge in [0, 0.05) is 0 Å². The van der Waals surface area contributed by atoms with Crippen LogP contribution in [0.5, 0.6) is 0 Å². The highest BCUT2D eigenvalue weighted by Gasteiger charge is 2.18. The minimum Gasteiger partial charge on any atom is -0.478 e. The minimum absolute atomic E-state index is 0.0347. The second kappa shape index (κ2) is 3.86. The Kier molecular flexibility index (Phi) is 2.98. The van der Waals surface area contributed by atoms with Gasteiger partial charge in [0.15, 0.2) is 0 Å². The molecule has 4 nitrogen and oxygen atoms in total. The van der Waals surface area contributed by atoms with Gasteiger partial charge in [0.25, 0.3) is 0 Å². The molecule has 0 aliphatic heterocycles. The number of halogens is 2. The maximum atomic E-state index is 10.8. The third-order valence-corrected chi connectivity index (χ3v) is 2.28. The van der Waals surface area contributed by atoms with Crippen LogP contribution in [0.4, 0.5) is 0 Å². The number of carbonyl (C=O) groups is 2. The van der Waals surface area contributed by atoms with Crippen molar-refractivity contribution in [3.8, 4) is 0 Å². The molecule has 1 aromatic carbocycles. The lowest BCUT2D eigenvalue weighted by atomic mass is 10.1. The summed E-state index contributed by atoms with van der Waals surface area (Å²) in [6.45, 7) is 0. The first kappa shape index (κ1) is 10.8. The molecule has 0 saturated heterocycles.